The van der Waals surface area contributed by atoms with Crippen molar-refractivity contribution in [3.63, 3.8) is 0 Å². The van der Waals surface area contributed by atoms with Crippen LogP contribution in [0, 0.1) is 0 Å². The number of aromatic nitrogens is 2. The molecule has 6 nitrogen and oxygen atoms in total. The van der Waals surface area contributed by atoms with Crippen molar-refractivity contribution in [2.45, 2.75) is 19.3 Å². The van der Waals surface area contributed by atoms with Crippen LogP contribution in [0.5, 0.6) is 5.75 Å². The van der Waals surface area contributed by atoms with Gasteiger partial charge in [0.2, 0.25) is 0 Å². The first-order valence-corrected chi connectivity index (χ1v) is 8.78. The highest BCUT2D eigenvalue weighted by molar-refractivity contribution is 5.90. The van der Waals surface area contributed by atoms with E-state index in [2.05, 4.69) is 15.7 Å². The zero-order chi connectivity index (χ0) is 20.7. The second kappa shape index (κ2) is 9.13. The third-order valence-corrected chi connectivity index (χ3v) is 3.91. The summed E-state index contributed by atoms with van der Waals surface area (Å²) in [6.45, 7) is -0.726. The summed E-state index contributed by atoms with van der Waals surface area (Å²) in [7, 11) is 0. The number of halogens is 3. The molecule has 3 rings (SSSR count). The second-order valence-corrected chi connectivity index (χ2v) is 6.22. The topological polar surface area (TPSA) is 68.2 Å². The number of nitrogens with one attached hydrogen (secondary N) is 2. The van der Waals surface area contributed by atoms with E-state index in [1.165, 1.54) is 12.1 Å². The summed E-state index contributed by atoms with van der Waals surface area (Å²) < 4.78 is 43.2. The molecule has 0 aliphatic rings. The lowest BCUT2D eigenvalue weighted by molar-refractivity contribution is -0.153. The lowest BCUT2D eigenvalue weighted by atomic mass is 10.2. The summed E-state index contributed by atoms with van der Waals surface area (Å²) in [5, 5.41) is 9.62. The summed E-state index contributed by atoms with van der Waals surface area (Å²) >= 11 is 0. The van der Waals surface area contributed by atoms with Crippen LogP contribution in [0.2, 0.25) is 0 Å². The molecular weight excluding hydrogens is 385 g/mol. The highest BCUT2D eigenvalue weighted by Gasteiger charge is 2.28. The largest absolute Gasteiger partial charge is 0.484 e. The van der Waals surface area contributed by atoms with Crippen molar-refractivity contribution in [2.75, 3.05) is 11.9 Å². The third kappa shape index (κ3) is 6.56. The first-order chi connectivity index (χ1) is 13.9. The predicted octanol–water partition coefficient (Wildman–Crippen LogP) is 4.19. The maximum absolute atomic E-state index is 12.3. The number of para-hydroxylation sites is 1. The van der Waals surface area contributed by atoms with E-state index in [1.807, 2.05) is 30.5 Å². The molecule has 0 spiro atoms. The smallest absolute Gasteiger partial charge is 0.422 e. The monoisotopic (exact) mass is 404 g/mol. The van der Waals surface area contributed by atoms with E-state index in [9.17, 15) is 18.0 Å². The van der Waals surface area contributed by atoms with Crippen LogP contribution in [0.25, 0.3) is 0 Å². The van der Waals surface area contributed by atoms with Crippen LogP contribution in [0.1, 0.15) is 11.1 Å². The van der Waals surface area contributed by atoms with Crippen LogP contribution < -0.4 is 15.4 Å². The van der Waals surface area contributed by atoms with Gasteiger partial charge in [-0.05, 0) is 35.4 Å². The molecule has 0 saturated carbocycles. The minimum atomic E-state index is -4.41. The van der Waals surface area contributed by atoms with Gasteiger partial charge in [-0.25, -0.2) is 4.79 Å². The van der Waals surface area contributed by atoms with Gasteiger partial charge in [0.1, 0.15) is 5.75 Å². The van der Waals surface area contributed by atoms with Gasteiger partial charge in [-0.2, -0.15) is 18.3 Å². The van der Waals surface area contributed by atoms with Crippen LogP contribution in [-0.4, -0.2) is 28.6 Å². The number of urea groups is 1. The Balaban J connectivity index is 1.55. The van der Waals surface area contributed by atoms with Gasteiger partial charge in [-0.1, -0.05) is 30.3 Å². The number of amides is 2. The summed E-state index contributed by atoms with van der Waals surface area (Å²) in [6, 6.07) is 14.9. The van der Waals surface area contributed by atoms with Crippen molar-refractivity contribution >= 4 is 11.7 Å². The number of ether oxygens (including phenoxy) is 1. The maximum atomic E-state index is 12.3. The fourth-order valence-electron chi connectivity index (χ4n) is 2.61. The molecule has 1 heterocycles. The van der Waals surface area contributed by atoms with Crippen molar-refractivity contribution in [3.8, 4) is 5.75 Å². The maximum Gasteiger partial charge on any atom is 0.422 e. The highest BCUT2D eigenvalue weighted by atomic mass is 19.4. The van der Waals surface area contributed by atoms with Gasteiger partial charge < -0.3 is 15.4 Å². The molecule has 0 bridgehead atoms. The Bertz CT molecular complexity index is 943. The standard InChI is InChI=1S/C20H19F3N4O2/c21-20(22,23)14-29-17-7-3-5-15(11-17)12-24-19(28)26-18-8-2-1-6-16(18)13-27-10-4-9-25-27/h1-11H,12-14H2,(H2,24,26,28). The van der Waals surface area contributed by atoms with Gasteiger partial charge in [0.15, 0.2) is 6.61 Å². The molecule has 2 amide bonds. The van der Waals surface area contributed by atoms with E-state index >= 15 is 0 Å². The number of hydrogen-bond acceptors (Lipinski definition) is 3. The van der Waals surface area contributed by atoms with Gasteiger partial charge in [0.05, 0.1) is 6.54 Å². The number of rotatable bonds is 7. The molecule has 2 N–H and O–H groups in total. The number of alkyl halides is 3. The van der Waals surface area contributed by atoms with Crippen LogP contribution in [0.4, 0.5) is 23.7 Å². The van der Waals surface area contributed by atoms with Crippen LogP contribution in [0.3, 0.4) is 0 Å². The zero-order valence-corrected chi connectivity index (χ0v) is 15.3. The first kappa shape index (κ1) is 20.2. The average molecular weight is 404 g/mol. The molecule has 29 heavy (non-hydrogen) atoms. The number of anilines is 1. The fraction of sp³-hybridized carbons (Fsp3) is 0.200. The van der Waals surface area contributed by atoms with E-state index < -0.39 is 18.8 Å². The van der Waals surface area contributed by atoms with E-state index in [4.69, 9.17) is 4.74 Å². The van der Waals surface area contributed by atoms with Crippen LogP contribution >= 0.6 is 0 Å². The van der Waals surface area contributed by atoms with E-state index in [0.717, 1.165) is 5.56 Å². The summed E-state index contributed by atoms with van der Waals surface area (Å²) in [6.07, 6.45) is -0.905. The Morgan fingerprint density at radius 3 is 2.69 bits per heavy atom. The van der Waals surface area contributed by atoms with E-state index in [0.29, 0.717) is 17.8 Å². The number of carbonyl (C=O) groups excluding carboxylic acids is 1. The van der Waals surface area contributed by atoms with Crippen molar-refractivity contribution in [1.29, 1.82) is 0 Å². The quantitative estimate of drug-likeness (QED) is 0.620. The van der Waals surface area contributed by atoms with Crippen molar-refractivity contribution in [3.05, 3.63) is 78.1 Å². The highest BCUT2D eigenvalue weighted by Crippen LogP contribution is 2.20. The molecule has 0 radical (unpaired) electrons. The molecule has 0 fully saturated rings. The lowest BCUT2D eigenvalue weighted by Gasteiger charge is -2.13. The van der Waals surface area contributed by atoms with Crippen LogP contribution in [0.15, 0.2) is 67.0 Å². The van der Waals surface area contributed by atoms with Crippen molar-refractivity contribution in [2.24, 2.45) is 0 Å². The molecule has 1 aromatic heterocycles. The van der Waals surface area contributed by atoms with E-state index in [1.54, 1.807) is 29.1 Å². The Morgan fingerprint density at radius 2 is 1.93 bits per heavy atom. The minimum absolute atomic E-state index is 0.0894. The molecule has 0 atom stereocenters. The number of hydrogen-bond donors (Lipinski definition) is 2. The minimum Gasteiger partial charge on any atom is -0.484 e. The van der Waals surface area contributed by atoms with Gasteiger partial charge in [-0.15, -0.1) is 0 Å². The lowest BCUT2D eigenvalue weighted by Crippen LogP contribution is -2.28. The van der Waals surface area contributed by atoms with Crippen molar-refractivity contribution < 1.29 is 22.7 Å². The third-order valence-electron chi connectivity index (χ3n) is 3.91. The summed E-state index contributed by atoms with van der Waals surface area (Å²) in [5.41, 5.74) is 2.14. The second-order valence-electron chi connectivity index (χ2n) is 6.22. The van der Waals surface area contributed by atoms with Gasteiger partial charge in [0.25, 0.3) is 0 Å². The number of benzene rings is 2. The molecule has 0 aliphatic heterocycles. The first-order valence-electron chi connectivity index (χ1n) is 8.78. The van der Waals surface area contributed by atoms with E-state index in [-0.39, 0.29) is 12.3 Å². The molecule has 9 heteroatoms. The molecule has 2 aromatic carbocycles. The SMILES string of the molecule is O=C(NCc1cccc(OCC(F)(F)F)c1)Nc1ccccc1Cn1cccn1. The number of carbonyl (C=O) groups is 1. The Kier molecular flexibility index (Phi) is 6.38. The number of nitrogens with zero attached hydrogens (tertiary/aromatic N) is 2. The van der Waals surface area contributed by atoms with Crippen molar-refractivity contribution in [1.82, 2.24) is 15.1 Å². The van der Waals surface area contributed by atoms with Gasteiger partial charge >= 0.3 is 12.2 Å². The molecular formula is C20H19F3N4O2. The van der Waals surface area contributed by atoms with Gasteiger partial charge in [-0.3, -0.25) is 4.68 Å². The summed E-state index contributed by atoms with van der Waals surface area (Å²) in [5.74, 6) is 0.0894. The van der Waals surface area contributed by atoms with Crippen LogP contribution in [-0.2, 0) is 13.1 Å². The predicted molar refractivity (Wildman–Crippen MR) is 102 cm³/mol. The molecule has 152 valence electrons. The zero-order valence-electron chi connectivity index (χ0n) is 15.3. The Hall–Kier alpha value is -3.49. The molecule has 0 aliphatic carbocycles. The molecule has 0 saturated heterocycles. The molecule has 3 aromatic rings. The normalized spacial score (nSPS) is 11.1. The van der Waals surface area contributed by atoms with Gasteiger partial charge in [0, 0.05) is 24.6 Å². The molecule has 0 unspecified atom stereocenters. The Morgan fingerprint density at radius 1 is 1.10 bits per heavy atom. The fourth-order valence-corrected chi connectivity index (χ4v) is 2.61. The summed E-state index contributed by atoms with van der Waals surface area (Å²) in [4.78, 5) is 12.3. The Labute approximate surface area is 165 Å². The average Bonchev–Trinajstić information content (AvgIpc) is 3.19.